The smallest absolute Gasteiger partial charge is 0.300 e. The van der Waals surface area contributed by atoms with E-state index in [2.05, 4.69) is 19.6 Å². The summed E-state index contributed by atoms with van der Waals surface area (Å²) >= 11 is 0. The maximum absolute atomic E-state index is 11.5. The minimum Gasteiger partial charge on any atom is -0.384 e. The molecule has 1 aromatic heterocycles. The number of nitrogens with two attached hydrogens (primary N) is 1. The Labute approximate surface area is 93.3 Å². The lowest BCUT2D eigenvalue weighted by Gasteiger charge is -2.10. The molecule has 0 amide bonds. The largest absolute Gasteiger partial charge is 0.384 e. The molecule has 0 saturated carbocycles. The predicted molar refractivity (Wildman–Crippen MR) is 60.4 cm³/mol. The molecule has 8 nitrogen and oxygen atoms in total. The summed E-state index contributed by atoms with van der Waals surface area (Å²) in [5.41, 5.74) is 5.45. The Kier molecular flexibility index (Phi) is 3.50. The van der Waals surface area contributed by atoms with E-state index in [0.717, 1.165) is 0 Å². The van der Waals surface area contributed by atoms with E-state index < -0.39 is 10.2 Å². The summed E-state index contributed by atoms with van der Waals surface area (Å²) in [5.74, 6) is -0.198. The average molecular weight is 246 g/mol. The number of aromatic amines is 1. The number of hydrogen-bond donors (Lipinski definition) is 5. The van der Waals surface area contributed by atoms with Crippen molar-refractivity contribution in [3.63, 3.8) is 0 Å². The molecule has 0 unspecified atom stereocenters. The number of anilines is 1. The molecule has 0 fully saturated rings. The Morgan fingerprint density at radius 2 is 2.25 bits per heavy atom. The molecule has 1 rings (SSSR count). The average Bonchev–Trinajstić information content (AvgIpc) is 2.48. The van der Waals surface area contributed by atoms with Crippen molar-refractivity contribution in [1.29, 1.82) is 5.41 Å². The van der Waals surface area contributed by atoms with Crippen LogP contribution in [-0.4, -0.2) is 30.5 Å². The highest BCUT2D eigenvalue weighted by Crippen LogP contribution is 2.10. The lowest BCUT2D eigenvalue weighted by Crippen LogP contribution is -2.35. The summed E-state index contributed by atoms with van der Waals surface area (Å²) in [5, 5.41) is 13.2. The SMILES string of the molecule is CC(C)NS(=O)(=O)Nc1[nH]ncc1C(=N)N. The van der Waals surface area contributed by atoms with Crippen molar-refractivity contribution in [3.8, 4) is 0 Å². The molecule has 16 heavy (non-hydrogen) atoms. The van der Waals surface area contributed by atoms with Gasteiger partial charge in [-0.05, 0) is 13.8 Å². The Balaban J connectivity index is 2.88. The van der Waals surface area contributed by atoms with Gasteiger partial charge in [0.2, 0.25) is 0 Å². The van der Waals surface area contributed by atoms with Gasteiger partial charge in [-0.3, -0.25) is 15.2 Å². The van der Waals surface area contributed by atoms with Crippen LogP contribution < -0.4 is 15.2 Å². The van der Waals surface area contributed by atoms with E-state index in [1.54, 1.807) is 13.8 Å². The zero-order valence-electron chi connectivity index (χ0n) is 8.90. The van der Waals surface area contributed by atoms with Gasteiger partial charge in [-0.1, -0.05) is 0 Å². The molecule has 0 radical (unpaired) electrons. The third-order valence-corrected chi connectivity index (χ3v) is 2.81. The van der Waals surface area contributed by atoms with Crippen LogP contribution in [0, 0.1) is 5.41 Å². The predicted octanol–water partition coefficient (Wildman–Crippen LogP) is -0.652. The molecule has 0 aliphatic rings. The minimum absolute atomic E-state index is 0.0700. The molecular formula is C7H14N6O2S. The third-order valence-electron chi connectivity index (χ3n) is 1.56. The normalized spacial score (nSPS) is 11.7. The van der Waals surface area contributed by atoms with Gasteiger partial charge in [0.15, 0.2) is 0 Å². The number of H-pyrrole nitrogens is 1. The van der Waals surface area contributed by atoms with Crippen LogP contribution in [0.5, 0.6) is 0 Å². The Morgan fingerprint density at radius 3 is 2.75 bits per heavy atom. The Morgan fingerprint density at radius 1 is 1.62 bits per heavy atom. The van der Waals surface area contributed by atoms with Crippen LogP contribution >= 0.6 is 0 Å². The quantitative estimate of drug-likeness (QED) is 0.348. The van der Waals surface area contributed by atoms with E-state index in [1.165, 1.54) is 6.20 Å². The van der Waals surface area contributed by atoms with Gasteiger partial charge in [0.1, 0.15) is 11.7 Å². The van der Waals surface area contributed by atoms with Crippen LogP contribution in [-0.2, 0) is 10.2 Å². The van der Waals surface area contributed by atoms with Crippen molar-refractivity contribution < 1.29 is 8.42 Å². The van der Waals surface area contributed by atoms with Gasteiger partial charge >= 0.3 is 10.2 Å². The van der Waals surface area contributed by atoms with E-state index in [0.29, 0.717) is 0 Å². The second kappa shape index (κ2) is 4.49. The minimum atomic E-state index is -3.68. The second-order valence-corrected chi connectivity index (χ2v) is 4.90. The monoisotopic (exact) mass is 246 g/mol. The van der Waals surface area contributed by atoms with Crippen molar-refractivity contribution >= 4 is 21.9 Å². The maximum atomic E-state index is 11.5. The zero-order valence-corrected chi connectivity index (χ0v) is 9.72. The van der Waals surface area contributed by atoms with Crippen LogP contribution in [0.25, 0.3) is 0 Å². The fourth-order valence-electron chi connectivity index (χ4n) is 1.04. The zero-order chi connectivity index (χ0) is 12.3. The van der Waals surface area contributed by atoms with Crippen LogP contribution in [0.15, 0.2) is 6.20 Å². The van der Waals surface area contributed by atoms with Gasteiger partial charge in [0, 0.05) is 6.04 Å². The van der Waals surface area contributed by atoms with Crippen LogP contribution in [0.4, 0.5) is 5.82 Å². The number of nitrogen functional groups attached to an aromatic ring is 1. The van der Waals surface area contributed by atoms with Crippen molar-refractivity contribution in [2.45, 2.75) is 19.9 Å². The van der Waals surface area contributed by atoms with E-state index in [9.17, 15) is 8.42 Å². The second-order valence-electron chi connectivity index (χ2n) is 3.45. The number of nitrogens with zero attached hydrogens (tertiary/aromatic N) is 1. The van der Waals surface area contributed by atoms with Gasteiger partial charge in [0.25, 0.3) is 0 Å². The third kappa shape index (κ3) is 3.21. The van der Waals surface area contributed by atoms with Crippen LogP contribution in [0.1, 0.15) is 19.4 Å². The summed E-state index contributed by atoms with van der Waals surface area (Å²) in [4.78, 5) is 0. The fourth-order valence-corrected chi connectivity index (χ4v) is 2.15. The van der Waals surface area contributed by atoms with Crippen molar-refractivity contribution in [2.24, 2.45) is 5.73 Å². The molecule has 90 valence electrons. The lowest BCUT2D eigenvalue weighted by molar-refractivity contribution is 0.575. The number of amidine groups is 1. The van der Waals surface area contributed by atoms with E-state index in [-0.39, 0.29) is 23.3 Å². The van der Waals surface area contributed by atoms with E-state index in [1.807, 2.05) is 0 Å². The molecule has 6 N–H and O–H groups in total. The molecule has 0 spiro atoms. The number of nitrogens with one attached hydrogen (secondary N) is 4. The lowest BCUT2D eigenvalue weighted by atomic mass is 10.3. The van der Waals surface area contributed by atoms with E-state index in [4.69, 9.17) is 11.1 Å². The van der Waals surface area contributed by atoms with Crippen molar-refractivity contribution in [3.05, 3.63) is 11.8 Å². The molecule has 0 atom stereocenters. The highest BCUT2D eigenvalue weighted by atomic mass is 32.2. The first-order valence-corrected chi connectivity index (χ1v) is 5.98. The first kappa shape index (κ1) is 12.5. The van der Waals surface area contributed by atoms with Gasteiger partial charge in [0.05, 0.1) is 11.8 Å². The topological polar surface area (TPSA) is 137 Å². The molecule has 9 heteroatoms. The standard InChI is InChI=1S/C7H14N6O2S/c1-4(2)12-16(14,15)13-7-5(6(8)9)3-10-11-7/h3-4,12H,1-2H3,(H3,8,9)(H2,10,11,13). The highest BCUT2D eigenvalue weighted by molar-refractivity contribution is 7.90. The Bertz CT molecular complexity index is 477. The summed E-state index contributed by atoms with van der Waals surface area (Å²) in [6.45, 7) is 3.39. The summed E-state index contributed by atoms with van der Waals surface area (Å²) < 4.78 is 27.5. The Hall–Kier alpha value is -1.61. The van der Waals surface area contributed by atoms with Gasteiger partial charge in [-0.25, -0.2) is 0 Å². The molecule has 1 aromatic rings. The first-order chi connectivity index (χ1) is 7.32. The maximum Gasteiger partial charge on any atom is 0.300 e. The van der Waals surface area contributed by atoms with Gasteiger partial charge < -0.3 is 5.73 Å². The number of aromatic nitrogens is 2. The molecular weight excluding hydrogens is 232 g/mol. The summed E-state index contributed by atoms with van der Waals surface area (Å²) in [6, 6.07) is -0.235. The molecule has 0 bridgehead atoms. The van der Waals surface area contributed by atoms with Crippen molar-refractivity contribution in [1.82, 2.24) is 14.9 Å². The number of rotatable bonds is 5. The highest BCUT2D eigenvalue weighted by Gasteiger charge is 2.16. The van der Waals surface area contributed by atoms with Crippen LogP contribution in [0.3, 0.4) is 0 Å². The molecule has 0 aliphatic carbocycles. The number of hydrogen-bond acceptors (Lipinski definition) is 4. The van der Waals surface area contributed by atoms with Gasteiger partial charge in [-0.15, -0.1) is 0 Å². The van der Waals surface area contributed by atoms with Crippen molar-refractivity contribution in [2.75, 3.05) is 4.72 Å². The van der Waals surface area contributed by atoms with E-state index >= 15 is 0 Å². The summed E-state index contributed by atoms with van der Waals surface area (Å²) in [6.07, 6.45) is 1.27. The molecule has 1 heterocycles. The fraction of sp³-hybridized carbons (Fsp3) is 0.429. The first-order valence-electron chi connectivity index (χ1n) is 4.49. The van der Waals surface area contributed by atoms with Crippen LogP contribution in [0.2, 0.25) is 0 Å². The molecule has 0 aliphatic heterocycles. The van der Waals surface area contributed by atoms with Gasteiger partial charge in [-0.2, -0.15) is 18.2 Å². The molecule has 0 aromatic carbocycles. The molecule has 0 saturated heterocycles. The summed E-state index contributed by atoms with van der Waals surface area (Å²) in [7, 11) is -3.68.